The lowest BCUT2D eigenvalue weighted by Gasteiger charge is -2.35. The van der Waals surface area contributed by atoms with Crippen molar-refractivity contribution >= 4 is 58.5 Å². The smallest absolute Gasteiger partial charge is 0.330 e. The quantitative estimate of drug-likeness (QED) is 0.396. The number of anilines is 3. The van der Waals surface area contributed by atoms with Crippen molar-refractivity contribution in [3.63, 3.8) is 0 Å². The molecule has 208 valence electrons. The van der Waals surface area contributed by atoms with Crippen molar-refractivity contribution in [2.45, 2.75) is 18.6 Å². The Hall–Kier alpha value is -3.81. The number of urea groups is 1. The van der Waals surface area contributed by atoms with Gasteiger partial charge in [-0.3, -0.25) is 19.4 Å². The van der Waals surface area contributed by atoms with Crippen LogP contribution in [-0.2, 0) is 16.1 Å². The van der Waals surface area contributed by atoms with Gasteiger partial charge in [0.2, 0.25) is 17.8 Å². The van der Waals surface area contributed by atoms with Crippen LogP contribution in [-0.4, -0.2) is 85.7 Å². The Kier molecular flexibility index (Phi) is 8.33. The molecule has 2 aliphatic rings. The number of hydrogen-bond acceptors (Lipinski definition) is 9. The number of carbonyl (C=O) groups is 3. The molecule has 0 spiro atoms. The molecule has 15 heteroatoms. The summed E-state index contributed by atoms with van der Waals surface area (Å²) in [5, 5.41) is 6.29. The van der Waals surface area contributed by atoms with Crippen LogP contribution in [0.3, 0.4) is 0 Å². The third-order valence-corrected chi connectivity index (χ3v) is 7.23. The maximum atomic E-state index is 13.5. The summed E-state index contributed by atoms with van der Waals surface area (Å²) in [6, 6.07) is 0.248. The van der Waals surface area contributed by atoms with Gasteiger partial charge < -0.3 is 30.7 Å². The van der Waals surface area contributed by atoms with Crippen LogP contribution < -0.4 is 35.6 Å². The van der Waals surface area contributed by atoms with Gasteiger partial charge in [-0.15, -0.1) is 0 Å². The van der Waals surface area contributed by atoms with Gasteiger partial charge in [-0.1, -0.05) is 29.8 Å². The minimum absolute atomic E-state index is 0.0781. The van der Waals surface area contributed by atoms with Crippen molar-refractivity contribution in [3.05, 3.63) is 40.5 Å². The lowest BCUT2D eigenvalue weighted by molar-refractivity contribution is -0.129. The summed E-state index contributed by atoms with van der Waals surface area (Å²) < 4.78 is 10.7. The molecule has 4 rings (SSSR count). The molecule has 4 N–H and O–H groups in total. The maximum absolute atomic E-state index is 13.5. The lowest BCUT2D eigenvalue weighted by Crippen LogP contribution is -2.47. The minimum Gasteiger partial charge on any atom is -0.495 e. The van der Waals surface area contributed by atoms with Crippen molar-refractivity contribution in [3.8, 4) is 11.5 Å². The molecule has 1 saturated heterocycles. The van der Waals surface area contributed by atoms with Gasteiger partial charge in [0, 0.05) is 38.0 Å². The van der Waals surface area contributed by atoms with E-state index in [0.29, 0.717) is 22.9 Å². The van der Waals surface area contributed by atoms with Crippen LogP contribution in [0.4, 0.5) is 22.2 Å². The van der Waals surface area contributed by atoms with Crippen molar-refractivity contribution in [1.29, 1.82) is 0 Å². The number of hydrogen-bond donors (Lipinski definition) is 3. The predicted molar refractivity (Wildman–Crippen MR) is 147 cm³/mol. The number of ether oxygens (including phenoxy) is 2. The van der Waals surface area contributed by atoms with Crippen LogP contribution in [0.1, 0.15) is 5.56 Å². The highest BCUT2D eigenvalue weighted by Gasteiger charge is 2.38. The number of amides is 4. The van der Waals surface area contributed by atoms with Crippen molar-refractivity contribution in [2.75, 3.05) is 56.0 Å². The van der Waals surface area contributed by atoms with Gasteiger partial charge in [0.05, 0.1) is 45.1 Å². The number of likely N-dealkylation sites (tertiary alicyclic amines) is 1. The molecule has 3 heterocycles. The molecule has 1 aromatic heterocycles. The largest absolute Gasteiger partial charge is 0.495 e. The van der Waals surface area contributed by atoms with Gasteiger partial charge in [0.25, 0.3) is 0 Å². The van der Waals surface area contributed by atoms with E-state index in [1.54, 1.807) is 18.1 Å². The number of methoxy groups -OCH3 is 2. The molecule has 0 radical (unpaired) electrons. The zero-order valence-corrected chi connectivity index (χ0v) is 23.0. The summed E-state index contributed by atoms with van der Waals surface area (Å²) in [6.45, 7) is 3.93. The third-order valence-electron chi connectivity index (χ3n) is 6.50. The van der Waals surface area contributed by atoms with Gasteiger partial charge in [-0.2, -0.15) is 4.98 Å². The average molecular weight is 579 g/mol. The number of nitrogens with two attached hydrogens (primary N) is 1. The number of halogens is 2. The number of benzene rings is 1. The Morgan fingerprint density at radius 3 is 2.44 bits per heavy atom. The molecule has 4 amide bonds. The van der Waals surface area contributed by atoms with Crippen molar-refractivity contribution in [1.82, 2.24) is 20.2 Å². The Morgan fingerprint density at radius 2 is 1.85 bits per heavy atom. The number of aromatic nitrogens is 2. The number of nitrogens with one attached hydrogen (secondary N) is 2. The molecule has 2 atom stereocenters. The zero-order chi connectivity index (χ0) is 28.4. The Labute approximate surface area is 234 Å². The summed E-state index contributed by atoms with van der Waals surface area (Å²) in [5.74, 6) is 0.544. The Morgan fingerprint density at radius 1 is 1.21 bits per heavy atom. The topological polar surface area (TPSA) is 155 Å². The lowest BCUT2D eigenvalue weighted by atomic mass is 10.1. The SMILES string of the molecule is C=CC(=O)NC1CN(C(=O)CN)CC1Nc1ncc2c(n1)N(C)C(=O)N(c1c(Cl)c(OC)cc(OC)c1Cl)C2. The first-order valence-corrected chi connectivity index (χ1v) is 12.6. The summed E-state index contributed by atoms with van der Waals surface area (Å²) in [7, 11) is 4.46. The van der Waals surface area contributed by atoms with Gasteiger partial charge in [-0.25, -0.2) is 9.78 Å². The van der Waals surface area contributed by atoms with E-state index < -0.39 is 18.1 Å². The average Bonchev–Trinajstić information content (AvgIpc) is 3.33. The molecule has 2 aromatic rings. The van der Waals surface area contributed by atoms with Gasteiger partial charge >= 0.3 is 6.03 Å². The molecule has 13 nitrogen and oxygen atoms in total. The summed E-state index contributed by atoms with van der Waals surface area (Å²) in [5.41, 5.74) is 6.38. The second-order valence-corrected chi connectivity index (χ2v) is 9.56. The highest BCUT2D eigenvalue weighted by atomic mass is 35.5. The van der Waals surface area contributed by atoms with Gasteiger partial charge in [0.15, 0.2) is 0 Å². The van der Waals surface area contributed by atoms with Crippen molar-refractivity contribution < 1.29 is 23.9 Å². The second kappa shape index (κ2) is 11.5. The molecule has 0 aliphatic carbocycles. The molecule has 2 unspecified atom stereocenters. The summed E-state index contributed by atoms with van der Waals surface area (Å²) >= 11 is 13.1. The van der Waals surface area contributed by atoms with Crippen LogP contribution in [0.5, 0.6) is 11.5 Å². The first kappa shape index (κ1) is 28.2. The van der Waals surface area contributed by atoms with Gasteiger partial charge in [-0.05, 0) is 6.08 Å². The summed E-state index contributed by atoms with van der Waals surface area (Å²) in [4.78, 5) is 50.9. The van der Waals surface area contributed by atoms with Crippen LogP contribution in [0.15, 0.2) is 24.9 Å². The first-order chi connectivity index (χ1) is 18.6. The van der Waals surface area contributed by atoms with Crippen LogP contribution in [0.2, 0.25) is 10.0 Å². The zero-order valence-electron chi connectivity index (χ0n) is 21.5. The van der Waals surface area contributed by atoms with Crippen LogP contribution in [0, 0.1) is 0 Å². The van der Waals surface area contributed by atoms with E-state index in [2.05, 4.69) is 27.2 Å². The first-order valence-electron chi connectivity index (χ1n) is 11.8. The number of fused-ring (bicyclic) bond motifs is 1. The molecular weight excluding hydrogens is 551 g/mol. The second-order valence-electron chi connectivity index (χ2n) is 8.80. The summed E-state index contributed by atoms with van der Waals surface area (Å²) in [6.07, 6.45) is 2.73. The molecule has 2 aliphatic heterocycles. The Balaban J connectivity index is 1.62. The van der Waals surface area contributed by atoms with E-state index in [0.717, 1.165) is 6.08 Å². The third kappa shape index (κ3) is 5.37. The van der Waals surface area contributed by atoms with Gasteiger partial charge in [0.1, 0.15) is 27.4 Å². The van der Waals surface area contributed by atoms with E-state index in [1.807, 2.05) is 0 Å². The molecule has 0 saturated carbocycles. The van der Waals surface area contributed by atoms with E-state index in [1.165, 1.54) is 30.1 Å². The van der Waals surface area contributed by atoms with E-state index in [4.69, 9.17) is 38.4 Å². The van der Waals surface area contributed by atoms with Crippen LogP contribution in [0.25, 0.3) is 0 Å². The standard InChI is InChI=1S/C24H28Cl2N8O5/c1-5-17(35)29-13-10-33(18(36)7-27)11-14(13)30-23-28-8-12-9-34(24(37)32(2)22(12)31-23)21-19(25)15(38-3)6-16(39-4)20(21)26/h5-6,8,13-14H,1,7,9-11,27H2,2-4H3,(H,29,35)(H,28,30,31). The van der Waals surface area contributed by atoms with E-state index in [9.17, 15) is 14.4 Å². The highest BCUT2D eigenvalue weighted by molar-refractivity contribution is 6.42. The molecular formula is C24H28Cl2N8O5. The monoisotopic (exact) mass is 578 g/mol. The molecule has 1 fully saturated rings. The number of nitrogens with zero attached hydrogens (tertiary/aromatic N) is 5. The fraction of sp³-hybridized carbons (Fsp3) is 0.375. The highest BCUT2D eigenvalue weighted by Crippen LogP contribution is 2.47. The Bertz CT molecular complexity index is 1300. The van der Waals surface area contributed by atoms with Crippen LogP contribution >= 0.6 is 23.2 Å². The fourth-order valence-corrected chi connectivity index (χ4v) is 5.20. The maximum Gasteiger partial charge on any atom is 0.330 e. The fourth-order valence-electron chi connectivity index (χ4n) is 4.50. The number of carbonyl (C=O) groups excluding carboxylic acids is 3. The predicted octanol–water partition coefficient (Wildman–Crippen LogP) is 1.63. The van der Waals surface area contributed by atoms with E-state index in [-0.39, 0.29) is 59.7 Å². The van der Waals surface area contributed by atoms with E-state index >= 15 is 0 Å². The normalized spacial score (nSPS) is 18.5. The molecule has 0 bridgehead atoms. The molecule has 1 aromatic carbocycles. The molecule has 39 heavy (non-hydrogen) atoms. The minimum atomic E-state index is -0.442. The van der Waals surface area contributed by atoms with Crippen molar-refractivity contribution in [2.24, 2.45) is 5.73 Å². The number of rotatable bonds is 8.